The number of pyridine rings is 2. The second kappa shape index (κ2) is 10.1. The van der Waals surface area contributed by atoms with Gasteiger partial charge in [0.1, 0.15) is 23.7 Å². The predicted octanol–water partition coefficient (Wildman–Crippen LogP) is 3.32. The first-order valence-corrected chi connectivity index (χ1v) is 14.0. The van der Waals surface area contributed by atoms with Crippen LogP contribution in [0.15, 0.2) is 54.6 Å². The zero-order valence-corrected chi connectivity index (χ0v) is 21.4. The Morgan fingerprint density at radius 2 is 2.00 bits per heavy atom. The van der Waals surface area contributed by atoms with Gasteiger partial charge < -0.3 is 11.1 Å². The summed E-state index contributed by atoms with van der Waals surface area (Å²) < 4.78 is 81.8. The molecule has 39 heavy (non-hydrogen) atoms. The van der Waals surface area contributed by atoms with Crippen LogP contribution in [-0.2, 0) is 33.8 Å². The molecule has 6 atom stereocenters. The summed E-state index contributed by atoms with van der Waals surface area (Å²) in [6, 6.07) is 2.70. The van der Waals surface area contributed by atoms with Crippen LogP contribution in [0.3, 0.4) is 0 Å². The lowest BCUT2D eigenvalue weighted by Gasteiger charge is -2.27. The number of fused-ring (bicyclic) bond motifs is 1. The Bertz CT molecular complexity index is 1440. The number of hydrogen-bond acceptors (Lipinski definition) is 5. The van der Waals surface area contributed by atoms with Crippen molar-refractivity contribution in [1.29, 1.82) is 0 Å². The van der Waals surface area contributed by atoms with Gasteiger partial charge in [0.15, 0.2) is 0 Å². The van der Waals surface area contributed by atoms with E-state index in [1.807, 2.05) is 0 Å². The highest BCUT2D eigenvalue weighted by atomic mass is 32.2. The van der Waals surface area contributed by atoms with Crippen molar-refractivity contribution in [1.82, 2.24) is 19.6 Å². The molecule has 1 saturated carbocycles. The lowest BCUT2D eigenvalue weighted by molar-refractivity contribution is -0.141. The molecule has 3 N–H and O–H groups in total. The Hall–Kier alpha value is -3.16. The van der Waals surface area contributed by atoms with E-state index in [2.05, 4.69) is 21.2 Å². The number of halogens is 5. The quantitative estimate of drug-likeness (QED) is 0.395. The van der Waals surface area contributed by atoms with Gasteiger partial charge >= 0.3 is 6.18 Å². The van der Waals surface area contributed by atoms with Crippen molar-refractivity contribution >= 4 is 21.5 Å². The van der Waals surface area contributed by atoms with E-state index in [9.17, 15) is 31.0 Å². The molecule has 1 amide bonds. The third kappa shape index (κ3) is 5.35. The van der Waals surface area contributed by atoms with Gasteiger partial charge in [-0.15, -0.1) is 0 Å². The van der Waals surface area contributed by atoms with E-state index in [4.69, 9.17) is 5.73 Å². The minimum atomic E-state index is -4.58. The van der Waals surface area contributed by atoms with E-state index in [0.29, 0.717) is 22.4 Å². The smallest absolute Gasteiger partial charge is 0.349 e. The molecule has 3 heterocycles. The number of carbonyl (C=O) groups excluding carboxylic acids is 1. The van der Waals surface area contributed by atoms with E-state index >= 15 is 0 Å². The summed E-state index contributed by atoms with van der Waals surface area (Å²) in [5.41, 5.74) is 6.60. The average molecular weight is 568 g/mol. The Labute approximate surface area is 222 Å². The maximum atomic E-state index is 14.5. The van der Waals surface area contributed by atoms with Gasteiger partial charge in [0.25, 0.3) is 0 Å². The zero-order valence-electron chi connectivity index (χ0n) is 20.6. The summed E-state index contributed by atoms with van der Waals surface area (Å²) >= 11 is 0. The highest BCUT2D eigenvalue weighted by molar-refractivity contribution is 7.99. The largest absolute Gasteiger partial charge is 0.433 e. The van der Waals surface area contributed by atoms with Gasteiger partial charge in [-0.1, -0.05) is 12.1 Å². The van der Waals surface area contributed by atoms with Crippen molar-refractivity contribution < 1.29 is 31.0 Å². The van der Waals surface area contributed by atoms with Crippen molar-refractivity contribution in [3.8, 4) is 11.1 Å². The fraction of sp³-hybridized carbons (Fsp3) is 0.385. The number of allylic oxidation sites excluding steroid dienone is 4. The van der Waals surface area contributed by atoms with Crippen LogP contribution in [0.4, 0.5) is 22.0 Å². The Morgan fingerprint density at radius 1 is 1.23 bits per heavy atom. The van der Waals surface area contributed by atoms with Crippen LogP contribution in [0.5, 0.6) is 0 Å². The Morgan fingerprint density at radius 3 is 2.64 bits per heavy atom. The summed E-state index contributed by atoms with van der Waals surface area (Å²) in [5.74, 6) is 2.40. The van der Waals surface area contributed by atoms with Crippen LogP contribution in [0.2, 0.25) is 0 Å². The molecule has 0 spiro atoms. The van der Waals surface area contributed by atoms with Gasteiger partial charge in [-0.3, -0.25) is 19.0 Å². The van der Waals surface area contributed by atoms with E-state index in [1.165, 1.54) is 28.7 Å². The van der Waals surface area contributed by atoms with Crippen LogP contribution in [0, 0.1) is 11.8 Å². The normalized spacial score (nSPS) is 27.9. The molecule has 1 aliphatic heterocycles. The monoisotopic (exact) mass is 567 g/mol. The number of rotatable bonds is 7. The number of aromatic nitrogens is 2. The van der Waals surface area contributed by atoms with Gasteiger partial charge in [0.2, 0.25) is 5.91 Å². The third-order valence-corrected chi connectivity index (χ3v) is 9.97. The lowest BCUT2D eigenvalue weighted by atomic mass is 10.0. The van der Waals surface area contributed by atoms with Gasteiger partial charge in [-0.25, -0.2) is 13.1 Å². The van der Waals surface area contributed by atoms with Crippen molar-refractivity contribution in [2.24, 2.45) is 17.6 Å². The number of hydrogen-bond donors (Lipinski definition) is 2. The molecule has 0 aromatic carbocycles. The molecule has 0 bridgehead atoms. The zero-order chi connectivity index (χ0) is 28.1. The standard InChI is InChI=1S/C26H26F5N5O2S/c1-39(38,24-19-4-3-16(27)6-21(19)24)36-13-17(28)7-22(36)25(37)35-12-18-8-20(15(9-32)11-33-18)14-2-5-23(34-10-14)26(29,30)31/h2-6,8,10-11,17,19,21-22,24H,1,7,9,12-13,32H2,(H,35,37)/t17-,19?,21?,22+,24?,39?/m1/s1. The van der Waals surface area contributed by atoms with E-state index in [1.54, 1.807) is 12.1 Å². The first-order chi connectivity index (χ1) is 18.4. The molecular formula is C26H26F5N5O2S. The maximum Gasteiger partial charge on any atom is 0.433 e. The minimum Gasteiger partial charge on any atom is -0.349 e. The van der Waals surface area contributed by atoms with Crippen molar-refractivity contribution in [2.45, 2.75) is 43.2 Å². The molecule has 5 rings (SSSR count). The second-order valence-electron chi connectivity index (χ2n) is 9.85. The highest BCUT2D eigenvalue weighted by Gasteiger charge is 2.57. The molecule has 0 radical (unpaired) electrons. The first-order valence-electron chi connectivity index (χ1n) is 12.2. The predicted molar refractivity (Wildman–Crippen MR) is 137 cm³/mol. The molecule has 1 saturated heterocycles. The number of alkyl halides is 4. The fourth-order valence-corrected chi connectivity index (χ4v) is 8.03. The van der Waals surface area contributed by atoms with E-state index in [-0.39, 0.29) is 37.9 Å². The van der Waals surface area contributed by atoms with Gasteiger partial charge in [0.05, 0.1) is 17.5 Å². The van der Waals surface area contributed by atoms with Crippen molar-refractivity contribution in [3.05, 3.63) is 71.6 Å². The molecule has 7 nitrogen and oxygen atoms in total. The summed E-state index contributed by atoms with van der Waals surface area (Å²) in [7, 11) is -3.09. The van der Waals surface area contributed by atoms with Crippen molar-refractivity contribution in [3.63, 3.8) is 0 Å². The SMILES string of the molecule is C=S(=O)(C1C2C=CC(F)=CC21)N1C[C@H](F)C[C@H]1C(=O)NCc1cc(-c2ccc(C(F)(F)F)nc2)c(CN)cn1. The van der Waals surface area contributed by atoms with Crippen LogP contribution in [0.1, 0.15) is 23.4 Å². The topological polar surface area (TPSA) is 101 Å². The van der Waals surface area contributed by atoms with Crippen LogP contribution >= 0.6 is 0 Å². The second-order valence-corrected chi connectivity index (χ2v) is 12.2. The molecule has 3 aliphatic rings. The van der Waals surface area contributed by atoms with E-state index < -0.39 is 50.8 Å². The van der Waals surface area contributed by atoms with Crippen LogP contribution < -0.4 is 11.1 Å². The number of nitrogens with one attached hydrogen (secondary N) is 1. The van der Waals surface area contributed by atoms with E-state index in [0.717, 1.165) is 12.3 Å². The highest BCUT2D eigenvalue weighted by Crippen LogP contribution is 2.51. The molecule has 2 aromatic heterocycles. The van der Waals surface area contributed by atoms with Crippen LogP contribution in [-0.4, -0.2) is 54.3 Å². The Kier molecular flexibility index (Phi) is 7.10. The molecule has 208 valence electrons. The molecule has 2 aromatic rings. The minimum absolute atomic E-state index is 0.0697. The number of nitrogens with zero attached hydrogens (tertiary/aromatic N) is 3. The molecular weight excluding hydrogens is 541 g/mol. The van der Waals surface area contributed by atoms with Gasteiger partial charge in [-0.05, 0) is 41.3 Å². The summed E-state index contributed by atoms with van der Waals surface area (Å²) in [6.07, 6.45) is 0.761. The molecule has 2 aliphatic carbocycles. The number of carbonyl (C=O) groups is 1. The number of nitrogens with two attached hydrogens (primary N) is 1. The molecule has 13 heteroatoms. The summed E-state index contributed by atoms with van der Waals surface area (Å²) in [4.78, 5) is 20.9. The molecule has 2 fully saturated rings. The van der Waals surface area contributed by atoms with Gasteiger partial charge in [0, 0.05) is 59.0 Å². The fourth-order valence-electron chi connectivity index (χ4n) is 5.27. The first kappa shape index (κ1) is 27.4. The van der Waals surface area contributed by atoms with Crippen LogP contribution in [0.25, 0.3) is 11.1 Å². The number of amides is 1. The Balaban J connectivity index is 1.30. The molecule has 4 unspecified atom stereocenters. The summed E-state index contributed by atoms with van der Waals surface area (Å²) in [5, 5.41) is 2.19. The van der Waals surface area contributed by atoms with Crippen molar-refractivity contribution in [2.75, 3.05) is 6.54 Å². The summed E-state index contributed by atoms with van der Waals surface area (Å²) in [6.45, 7) is -0.225. The average Bonchev–Trinajstić information content (AvgIpc) is 3.48. The third-order valence-electron chi connectivity index (χ3n) is 7.29. The lowest BCUT2D eigenvalue weighted by Crippen LogP contribution is -2.47. The maximum absolute atomic E-state index is 14.5. The van der Waals surface area contributed by atoms with Gasteiger partial charge in [-0.2, -0.15) is 13.2 Å².